The van der Waals surface area contributed by atoms with Crippen molar-refractivity contribution in [3.63, 3.8) is 0 Å². The summed E-state index contributed by atoms with van der Waals surface area (Å²) in [6.45, 7) is 1.36. The van der Waals surface area contributed by atoms with Gasteiger partial charge in [-0.05, 0) is 72.2 Å². The summed E-state index contributed by atoms with van der Waals surface area (Å²) >= 11 is 3.34. The summed E-state index contributed by atoms with van der Waals surface area (Å²) in [4.78, 5) is 0. The van der Waals surface area contributed by atoms with Crippen LogP contribution in [0.4, 0.5) is 8.78 Å². The van der Waals surface area contributed by atoms with Crippen molar-refractivity contribution < 1.29 is 18.3 Å². The van der Waals surface area contributed by atoms with Crippen molar-refractivity contribution in [3.05, 3.63) is 88.4 Å². The Bertz CT molecular complexity index is 945. The van der Waals surface area contributed by atoms with Crippen LogP contribution >= 0.6 is 15.9 Å². The number of alkyl halides is 2. The first-order chi connectivity index (χ1) is 14.4. The lowest BCUT2D eigenvalue weighted by atomic mass is 9.83. The Labute approximate surface area is 185 Å². The third kappa shape index (κ3) is 6.30. The van der Waals surface area contributed by atoms with Gasteiger partial charge in [0, 0.05) is 4.47 Å². The van der Waals surface area contributed by atoms with Gasteiger partial charge in [-0.25, -0.2) is 0 Å². The first-order valence-corrected chi connectivity index (χ1v) is 10.8. The van der Waals surface area contributed by atoms with Gasteiger partial charge in [0.1, 0.15) is 17.2 Å². The predicted octanol–water partition coefficient (Wildman–Crippen LogP) is 8.22. The molecule has 0 N–H and O–H groups in total. The van der Waals surface area contributed by atoms with Gasteiger partial charge in [0.05, 0.1) is 0 Å². The molecule has 0 aliphatic rings. The number of ether oxygens (including phenoxy) is 2. The van der Waals surface area contributed by atoms with E-state index in [1.807, 2.05) is 60.7 Å². The Morgan fingerprint density at radius 1 is 0.867 bits per heavy atom. The maximum absolute atomic E-state index is 12.9. The standard InChI is InChI=1S/C25H25BrF2O2/c1-17(2)22(23-14-12-19(26)16-24(23)30-25(27)28)13-11-18-7-6-10-21(15-18)29-20-8-4-3-5-9-20/h3-10,12,14-17,22,25H,11,13H2,1-2H3. The van der Waals surface area contributed by atoms with Crippen LogP contribution in [0, 0.1) is 5.92 Å². The lowest BCUT2D eigenvalue weighted by Crippen LogP contribution is -2.12. The number of aryl methyl sites for hydroxylation is 1. The highest BCUT2D eigenvalue weighted by atomic mass is 79.9. The lowest BCUT2D eigenvalue weighted by molar-refractivity contribution is -0.0508. The molecule has 0 heterocycles. The summed E-state index contributed by atoms with van der Waals surface area (Å²) in [7, 11) is 0. The minimum Gasteiger partial charge on any atom is -0.457 e. The highest BCUT2D eigenvalue weighted by molar-refractivity contribution is 9.10. The van der Waals surface area contributed by atoms with Gasteiger partial charge in [-0.2, -0.15) is 8.78 Å². The van der Waals surface area contributed by atoms with Crippen LogP contribution in [0.3, 0.4) is 0 Å². The minimum atomic E-state index is -2.85. The third-order valence-electron chi connectivity index (χ3n) is 5.02. The molecule has 0 amide bonds. The second-order valence-electron chi connectivity index (χ2n) is 7.51. The van der Waals surface area contributed by atoms with Crippen LogP contribution in [-0.2, 0) is 6.42 Å². The highest BCUT2D eigenvalue weighted by Crippen LogP contribution is 2.38. The molecule has 1 atom stereocenters. The average Bonchev–Trinajstić information content (AvgIpc) is 2.70. The van der Waals surface area contributed by atoms with Crippen molar-refractivity contribution in [2.24, 2.45) is 5.92 Å². The maximum Gasteiger partial charge on any atom is 0.387 e. The molecular formula is C25H25BrF2O2. The number of hydrogen-bond donors (Lipinski definition) is 0. The molecule has 158 valence electrons. The Morgan fingerprint density at radius 3 is 2.30 bits per heavy atom. The van der Waals surface area contributed by atoms with Crippen molar-refractivity contribution in [1.82, 2.24) is 0 Å². The van der Waals surface area contributed by atoms with Gasteiger partial charge in [-0.1, -0.05) is 66.2 Å². The van der Waals surface area contributed by atoms with E-state index in [4.69, 9.17) is 9.47 Å². The first kappa shape index (κ1) is 22.3. The third-order valence-corrected chi connectivity index (χ3v) is 5.51. The molecule has 0 bridgehead atoms. The molecule has 0 fully saturated rings. The van der Waals surface area contributed by atoms with Gasteiger partial charge in [0.25, 0.3) is 0 Å². The molecule has 0 saturated carbocycles. The van der Waals surface area contributed by atoms with E-state index in [0.29, 0.717) is 0 Å². The summed E-state index contributed by atoms with van der Waals surface area (Å²) < 4.78 is 37.3. The summed E-state index contributed by atoms with van der Waals surface area (Å²) in [5.41, 5.74) is 1.95. The van der Waals surface area contributed by atoms with Crippen LogP contribution in [-0.4, -0.2) is 6.61 Å². The van der Waals surface area contributed by atoms with Crippen LogP contribution < -0.4 is 9.47 Å². The van der Waals surface area contributed by atoms with E-state index < -0.39 is 6.61 Å². The second kappa shape index (κ2) is 10.6. The van der Waals surface area contributed by atoms with Crippen molar-refractivity contribution >= 4 is 15.9 Å². The average molecular weight is 475 g/mol. The van der Waals surface area contributed by atoms with Gasteiger partial charge in [-0.15, -0.1) is 0 Å². The Hall–Kier alpha value is -2.40. The number of hydrogen-bond acceptors (Lipinski definition) is 2. The molecule has 0 aromatic heterocycles. The summed E-state index contributed by atoms with van der Waals surface area (Å²) in [6, 6.07) is 23.0. The topological polar surface area (TPSA) is 18.5 Å². The molecular weight excluding hydrogens is 450 g/mol. The first-order valence-electron chi connectivity index (χ1n) is 9.98. The molecule has 0 spiro atoms. The van der Waals surface area contributed by atoms with Crippen molar-refractivity contribution in [1.29, 1.82) is 0 Å². The Balaban J connectivity index is 1.75. The van der Waals surface area contributed by atoms with Gasteiger partial charge < -0.3 is 9.47 Å². The second-order valence-corrected chi connectivity index (χ2v) is 8.43. The fourth-order valence-corrected chi connectivity index (χ4v) is 3.91. The SMILES string of the molecule is CC(C)C(CCc1cccc(Oc2ccccc2)c1)c1ccc(Br)cc1OC(F)F. The zero-order valence-electron chi connectivity index (χ0n) is 17.0. The van der Waals surface area contributed by atoms with Crippen molar-refractivity contribution in [2.45, 2.75) is 39.2 Å². The lowest BCUT2D eigenvalue weighted by Gasteiger charge is -2.24. The minimum absolute atomic E-state index is 0.0885. The molecule has 5 heteroatoms. The van der Waals surface area contributed by atoms with E-state index in [0.717, 1.165) is 39.9 Å². The largest absolute Gasteiger partial charge is 0.457 e. The molecule has 0 saturated heterocycles. The number of rotatable bonds is 9. The molecule has 0 aliphatic heterocycles. The molecule has 3 rings (SSSR count). The van der Waals surface area contributed by atoms with Crippen molar-refractivity contribution in [2.75, 3.05) is 0 Å². The number of halogens is 3. The summed E-state index contributed by atoms with van der Waals surface area (Å²) in [5, 5.41) is 0. The van der Waals surface area contributed by atoms with Crippen LogP contribution in [0.15, 0.2) is 77.3 Å². The van der Waals surface area contributed by atoms with Crippen LogP contribution in [0.25, 0.3) is 0 Å². The zero-order chi connectivity index (χ0) is 21.5. The summed E-state index contributed by atoms with van der Waals surface area (Å²) in [6.07, 6.45) is 1.62. The van der Waals surface area contributed by atoms with Gasteiger partial charge in [-0.3, -0.25) is 0 Å². The maximum atomic E-state index is 12.9. The molecule has 0 radical (unpaired) electrons. The van der Waals surface area contributed by atoms with E-state index in [1.165, 1.54) is 0 Å². The summed E-state index contributed by atoms with van der Waals surface area (Å²) in [5.74, 6) is 2.17. The molecule has 30 heavy (non-hydrogen) atoms. The van der Waals surface area contributed by atoms with E-state index in [2.05, 4.69) is 35.8 Å². The number of para-hydroxylation sites is 1. The fourth-order valence-electron chi connectivity index (χ4n) is 3.57. The molecule has 0 aliphatic carbocycles. The fraction of sp³-hybridized carbons (Fsp3) is 0.280. The normalized spacial score (nSPS) is 12.2. The van der Waals surface area contributed by atoms with Gasteiger partial charge >= 0.3 is 6.61 Å². The highest BCUT2D eigenvalue weighted by Gasteiger charge is 2.22. The van der Waals surface area contributed by atoms with Crippen LogP contribution in [0.2, 0.25) is 0 Å². The quantitative estimate of drug-likeness (QED) is 0.311. The van der Waals surface area contributed by atoms with E-state index in [1.54, 1.807) is 6.07 Å². The predicted molar refractivity (Wildman–Crippen MR) is 120 cm³/mol. The van der Waals surface area contributed by atoms with Crippen LogP contribution in [0.1, 0.15) is 37.3 Å². The smallest absolute Gasteiger partial charge is 0.387 e. The van der Waals surface area contributed by atoms with E-state index in [9.17, 15) is 8.78 Å². The van der Waals surface area contributed by atoms with Gasteiger partial charge in [0.2, 0.25) is 0 Å². The molecule has 3 aromatic rings. The zero-order valence-corrected chi connectivity index (χ0v) is 18.6. The van der Waals surface area contributed by atoms with E-state index in [-0.39, 0.29) is 17.6 Å². The monoisotopic (exact) mass is 474 g/mol. The van der Waals surface area contributed by atoms with Crippen LogP contribution in [0.5, 0.6) is 17.2 Å². The van der Waals surface area contributed by atoms with E-state index >= 15 is 0 Å². The molecule has 2 nitrogen and oxygen atoms in total. The number of benzene rings is 3. The van der Waals surface area contributed by atoms with Gasteiger partial charge in [0.15, 0.2) is 0 Å². The van der Waals surface area contributed by atoms with Crippen molar-refractivity contribution in [3.8, 4) is 17.2 Å². The molecule has 1 unspecified atom stereocenters. The Morgan fingerprint density at radius 2 is 1.60 bits per heavy atom. The molecule has 3 aromatic carbocycles. The Kier molecular flexibility index (Phi) is 7.86.